The van der Waals surface area contributed by atoms with Crippen LogP contribution in [0.1, 0.15) is 68.3 Å². The number of rotatable bonds is 7. The molecular formula is C37H39N9O7S. The molecule has 0 unspecified atom stereocenters. The third-order valence-corrected chi connectivity index (χ3v) is 12.4. The highest BCUT2D eigenvalue weighted by atomic mass is 32.2. The first-order valence-electron chi connectivity index (χ1n) is 18.2. The molecule has 4 aliphatic rings. The number of hydrogen-bond acceptors (Lipinski definition) is 12. The van der Waals surface area contributed by atoms with Gasteiger partial charge in [-0.25, -0.2) is 23.4 Å². The molecule has 16 nitrogen and oxygen atoms in total. The molecule has 2 aliphatic carbocycles. The van der Waals surface area contributed by atoms with E-state index in [-0.39, 0.29) is 31.0 Å². The van der Waals surface area contributed by atoms with Gasteiger partial charge in [-0.05, 0) is 50.0 Å². The number of nitrogens with one attached hydrogen (secondary N) is 3. The monoisotopic (exact) mass is 753 g/mol. The lowest BCUT2D eigenvalue weighted by molar-refractivity contribution is -0.141. The van der Waals surface area contributed by atoms with Gasteiger partial charge in [-0.3, -0.25) is 28.9 Å². The minimum atomic E-state index is -3.90. The predicted octanol–water partition coefficient (Wildman–Crippen LogP) is 2.12. The Bertz CT molecular complexity index is 2270. The lowest BCUT2D eigenvalue weighted by Crippen LogP contribution is -2.58. The first-order chi connectivity index (χ1) is 26.1. The van der Waals surface area contributed by atoms with Crippen LogP contribution >= 0.6 is 0 Å². The number of pyridine rings is 1. The summed E-state index contributed by atoms with van der Waals surface area (Å²) in [5, 5.41) is 7.30. The number of allylic oxidation sites excluding steroid dienone is 1. The van der Waals surface area contributed by atoms with Gasteiger partial charge in [0.25, 0.3) is 11.8 Å². The van der Waals surface area contributed by atoms with Gasteiger partial charge in [-0.15, -0.1) is 0 Å². The molecule has 4 aromatic rings. The number of sulfonamides is 1. The fraction of sp³-hybridized carbons (Fsp3) is 0.432. The van der Waals surface area contributed by atoms with E-state index in [9.17, 15) is 27.6 Å². The average molecular weight is 754 g/mol. The van der Waals surface area contributed by atoms with E-state index in [0.29, 0.717) is 43.1 Å². The molecule has 0 bridgehead atoms. The van der Waals surface area contributed by atoms with Gasteiger partial charge in [0.05, 0.1) is 18.0 Å². The normalized spacial score (nSPS) is 26.2. The van der Waals surface area contributed by atoms with E-state index in [1.54, 1.807) is 6.20 Å². The number of amides is 4. The summed E-state index contributed by atoms with van der Waals surface area (Å²) in [6.07, 6.45) is 14.6. The van der Waals surface area contributed by atoms with E-state index in [1.165, 1.54) is 29.8 Å². The molecular weight excluding hydrogens is 715 g/mol. The maximum Gasteiger partial charge on any atom is 0.272 e. The molecule has 280 valence electrons. The Morgan fingerprint density at radius 1 is 0.963 bits per heavy atom. The Balaban J connectivity index is 1.12. The van der Waals surface area contributed by atoms with Gasteiger partial charge in [0, 0.05) is 41.7 Å². The van der Waals surface area contributed by atoms with Crippen molar-refractivity contribution in [3.8, 4) is 5.88 Å². The van der Waals surface area contributed by atoms with Crippen molar-refractivity contribution in [2.24, 2.45) is 5.92 Å². The van der Waals surface area contributed by atoms with Gasteiger partial charge < -0.3 is 20.3 Å². The zero-order chi connectivity index (χ0) is 37.5. The quantitative estimate of drug-likeness (QED) is 0.183. The second kappa shape index (κ2) is 14.3. The zero-order valence-corrected chi connectivity index (χ0v) is 30.1. The molecule has 3 aromatic heterocycles. The molecule has 8 rings (SSSR count). The summed E-state index contributed by atoms with van der Waals surface area (Å²) in [4.78, 5) is 78.6. The maximum absolute atomic E-state index is 14.6. The maximum atomic E-state index is 14.6. The van der Waals surface area contributed by atoms with E-state index < -0.39 is 68.5 Å². The van der Waals surface area contributed by atoms with Crippen LogP contribution < -0.4 is 20.1 Å². The fourth-order valence-electron chi connectivity index (χ4n) is 7.41. The number of carbonyl (C=O) groups is 4. The van der Waals surface area contributed by atoms with Crippen molar-refractivity contribution < 1.29 is 32.3 Å². The van der Waals surface area contributed by atoms with Gasteiger partial charge in [0.15, 0.2) is 5.65 Å². The predicted molar refractivity (Wildman–Crippen MR) is 194 cm³/mol. The van der Waals surface area contributed by atoms with E-state index in [2.05, 4.69) is 40.3 Å². The second-order valence-corrected chi connectivity index (χ2v) is 16.3. The lowest BCUT2D eigenvalue weighted by atomic mass is 10.0. The van der Waals surface area contributed by atoms with Gasteiger partial charge in [-0.1, -0.05) is 43.2 Å². The molecule has 2 saturated carbocycles. The van der Waals surface area contributed by atoms with Crippen LogP contribution in [0.3, 0.4) is 0 Å². The summed E-state index contributed by atoms with van der Waals surface area (Å²) in [7, 11) is -3.90. The molecule has 5 heterocycles. The van der Waals surface area contributed by atoms with E-state index in [4.69, 9.17) is 4.74 Å². The minimum Gasteiger partial charge on any atom is -0.472 e. The Hall–Kier alpha value is -5.58. The van der Waals surface area contributed by atoms with Crippen molar-refractivity contribution in [3.05, 3.63) is 73.2 Å². The first-order valence-corrected chi connectivity index (χ1v) is 19.7. The van der Waals surface area contributed by atoms with Gasteiger partial charge in [0.1, 0.15) is 35.7 Å². The first kappa shape index (κ1) is 35.4. The van der Waals surface area contributed by atoms with Crippen molar-refractivity contribution in [1.29, 1.82) is 0 Å². The highest BCUT2D eigenvalue weighted by Crippen LogP contribution is 2.46. The van der Waals surface area contributed by atoms with Crippen LogP contribution in [-0.2, 0) is 24.4 Å². The SMILES string of the molecule is O=C(N[C@H]1CCCCCC=C[C@@H]2C[C@@]2(C(=O)NS(=O)(=O)C2CC2)NC(=O)[C@@H]2C[C@@H](Oc3nc4ncncc4c4ccccc34)CN2C1=O)c1cnccn1. The van der Waals surface area contributed by atoms with Crippen molar-refractivity contribution in [2.45, 2.75) is 86.8 Å². The Morgan fingerprint density at radius 3 is 2.59 bits per heavy atom. The lowest BCUT2D eigenvalue weighted by Gasteiger charge is -2.29. The van der Waals surface area contributed by atoms with Crippen molar-refractivity contribution >= 4 is 55.5 Å². The van der Waals surface area contributed by atoms with E-state index >= 15 is 0 Å². The summed E-state index contributed by atoms with van der Waals surface area (Å²) < 4.78 is 34.4. The number of hydrogen-bond donors (Lipinski definition) is 3. The van der Waals surface area contributed by atoms with Crippen LogP contribution in [0.4, 0.5) is 0 Å². The van der Waals surface area contributed by atoms with Gasteiger partial charge >= 0.3 is 0 Å². The van der Waals surface area contributed by atoms with E-state index in [0.717, 1.165) is 23.6 Å². The van der Waals surface area contributed by atoms with Crippen LogP contribution in [0.15, 0.2) is 67.5 Å². The van der Waals surface area contributed by atoms with Gasteiger partial charge in [0.2, 0.25) is 27.7 Å². The molecule has 1 aromatic carbocycles. The third-order valence-electron chi connectivity index (χ3n) is 10.6. The summed E-state index contributed by atoms with van der Waals surface area (Å²) >= 11 is 0. The summed E-state index contributed by atoms with van der Waals surface area (Å²) in [5.41, 5.74) is -1.07. The molecule has 17 heteroatoms. The topological polar surface area (TPSA) is 215 Å². The summed E-state index contributed by atoms with van der Waals surface area (Å²) in [6.45, 7) is -0.0369. The minimum absolute atomic E-state index is 0.0266. The molecule has 5 atom stereocenters. The highest BCUT2D eigenvalue weighted by Gasteiger charge is 2.62. The Labute approximate surface area is 310 Å². The smallest absolute Gasteiger partial charge is 0.272 e. The molecule has 54 heavy (non-hydrogen) atoms. The van der Waals surface area contributed by atoms with Gasteiger partial charge in [-0.2, -0.15) is 4.98 Å². The summed E-state index contributed by atoms with van der Waals surface area (Å²) in [6, 6.07) is 5.34. The van der Waals surface area contributed by atoms with Crippen LogP contribution in [-0.4, -0.2) is 97.4 Å². The second-order valence-electron chi connectivity index (χ2n) is 14.3. The number of nitrogens with zero attached hydrogens (tertiary/aromatic N) is 6. The summed E-state index contributed by atoms with van der Waals surface area (Å²) in [5.74, 6) is -2.70. The average Bonchev–Trinajstić information content (AvgIpc) is 4.11. The molecule has 2 aliphatic heterocycles. The zero-order valence-electron chi connectivity index (χ0n) is 29.3. The fourth-order valence-corrected chi connectivity index (χ4v) is 8.77. The molecule has 3 fully saturated rings. The molecule has 0 radical (unpaired) electrons. The van der Waals surface area contributed by atoms with Crippen LogP contribution in [0.2, 0.25) is 0 Å². The number of carbonyl (C=O) groups excluding carboxylic acids is 4. The standard InChI is InChI=1S/C37H39N9O7S/c47-32(29-19-38-14-15-40-29)42-28-11-5-3-1-2-4-8-22-17-37(22,36(50)45-54(51,52)24-12-13-24)44-33(48)30-16-23(20-46(30)35(28)49)53-34-26-10-7-6-9-25(26)27-18-39-21-41-31(27)43-34/h4,6-10,14-15,18-19,21-24,28,30H,1-3,5,11-13,16-17,20H2,(H,42,47)(H,44,48)(H,45,50)/t22-,23-,28+,30+,37-/m1/s1. The van der Waals surface area contributed by atoms with Crippen LogP contribution in [0.25, 0.3) is 21.8 Å². The number of ether oxygens (including phenoxy) is 1. The van der Waals surface area contributed by atoms with Crippen molar-refractivity contribution in [1.82, 2.24) is 45.2 Å². The van der Waals surface area contributed by atoms with Crippen LogP contribution in [0.5, 0.6) is 5.88 Å². The Kier molecular flexibility index (Phi) is 9.41. The van der Waals surface area contributed by atoms with E-state index in [1.807, 2.05) is 36.4 Å². The number of fused-ring (bicyclic) bond motifs is 5. The molecule has 0 spiro atoms. The Morgan fingerprint density at radius 2 is 1.80 bits per heavy atom. The number of benzene rings is 1. The molecule has 1 saturated heterocycles. The van der Waals surface area contributed by atoms with Crippen molar-refractivity contribution in [3.63, 3.8) is 0 Å². The number of aromatic nitrogens is 5. The molecule has 3 N–H and O–H groups in total. The third kappa shape index (κ3) is 7.07. The largest absolute Gasteiger partial charge is 0.472 e. The van der Waals surface area contributed by atoms with Crippen LogP contribution in [0, 0.1) is 5.92 Å². The van der Waals surface area contributed by atoms with Crippen molar-refractivity contribution in [2.75, 3.05) is 6.54 Å². The highest BCUT2D eigenvalue weighted by molar-refractivity contribution is 7.91. The molecule has 4 amide bonds.